The number of Topliss-reactive ketones (excluding diaryl/α,β-unsaturated/α-hetero) is 1. The number of thiophene rings is 1. The van der Waals surface area contributed by atoms with Crippen LogP contribution in [0, 0.1) is 0 Å². The lowest BCUT2D eigenvalue weighted by atomic mass is 10.3. The zero-order valence-corrected chi connectivity index (χ0v) is 13.0. The molecule has 0 N–H and O–H groups in total. The van der Waals surface area contributed by atoms with E-state index in [4.69, 9.17) is 11.6 Å². The van der Waals surface area contributed by atoms with E-state index in [2.05, 4.69) is 4.99 Å². The lowest BCUT2D eigenvalue weighted by Gasteiger charge is -2.23. The quantitative estimate of drug-likeness (QED) is 0.807. The minimum absolute atomic E-state index is 0.101. The maximum Gasteiger partial charge on any atom is 0.267 e. The number of rotatable bonds is 3. The molecule has 1 aliphatic rings. The van der Waals surface area contributed by atoms with E-state index in [1.165, 1.54) is 12.4 Å². The number of sulfonamides is 1. The Morgan fingerprint density at radius 2 is 2.00 bits per heavy atom. The van der Waals surface area contributed by atoms with Gasteiger partial charge in [-0.3, -0.25) is 4.79 Å². The SMILES string of the molecule is O=C(CN1C=Nc2ccccc2S1(=O)=O)c1ccc(Cl)s1. The Balaban J connectivity index is 1.90. The largest absolute Gasteiger partial charge is 0.291 e. The number of carbonyl (C=O) groups excluding carboxylic acids is 1. The second kappa shape index (κ2) is 5.25. The molecule has 0 radical (unpaired) electrons. The van der Waals surface area contributed by atoms with Gasteiger partial charge in [0, 0.05) is 0 Å². The predicted molar refractivity (Wildman–Crippen MR) is 82.1 cm³/mol. The van der Waals surface area contributed by atoms with Crippen molar-refractivity contribution in [1.82, 2.24) is 4.31 Å². The third kappa shape index (κ3) is 2.59. The van der Waals surface area contributed by atoms with Gasteiger partial charge in [-0.2, -0.15) is 0 Å². The molecule has 0 saturated heterocycles. The fraction of sp³-hybridized carbons (Fsp3) is 0.0769. The average molecular weight is 341 g/mol. The molecule has 108 valence electrons. The number of aliphatic imine (C=N–C) groups is 1. The number of para-hydroxylation sites is 1. The van der Waals surface area contributed by atoms with E-state index in [0.717, 1.165) is 15.6 Å². The van der Waals surface area contributed by atoms with Gasteiger partial charge in [-0.05, 0) is 24.3 Å². The van der Waals surface area contributed by atoms with Crippen molar-refractivity contribution in [3.63, 3.8) is 0 Å². The van der Waals surface area contributed by atoms with Crippen LogP contribution < -0.4 is 0 Å². The van der Waals surface area contributed by atoms with Crippen LogP contribution in [0.3, 0.4) is 0 Å². The molecule has 2 aromatic rings. The van der Waals surface area contributed by atoms with E-state index in [1.54, 1.807) is 30.3 Å². The van der Waals surface area contributed by atoms with Crippen LogP contribution >= 0.6 is 22.9 Å². The first kappa shape index (κ1) is 14.2. The molecule has 1 aromatic heterocycles. The van der Waals surface area contributed by atoms with E-state index in [-0.39, 0.29) is 17.2 Å². The average Bonchev–Trinajstić information content (AvgIpc) is 2.89. The first-order valence-electron chi connectivity index (χ1n) is 5.92. The molecular formula is C13H9ClN2O3S2. The summed E-state index contributed by atoms with van der Waals surface area (Å²) in [7, 11) is -3.74. The van der Waals surface area contributed by atoms with Gasteiger partial charge in [0.15, 0.2) is 5.78 Å². The third-order valence-corrected chi connectivity index (χ3v) is 5.94. The summed E-state index contributed by atoms with van der Waals surface area (Å²) in [6, 6.07) is 9.60. The molecular weight excluding hydrogens is 332 g/mol. The number of hydrogen-bond acceptors (Lipinski definition) is 5. The van der Waals surface area contributed by atoms with Crippen LogP contribution in [-0.2, 0) is 10.0 Å². The van der Waals surface area contributed by atoms with Crippen LogP contribution in [0.5, 0.6) is 0 Å². The van der Waals surface area contributed by atoms with Crippen molar-refractivity contribution < 1.29 is 13.2 Å². The number of nitrogens with zero attached hydrogens (tertiary/aromatic N) is 2. The zero-order valence-electron chi connectivity index (χ0n) is 10.6. The van der Waals surface area contributed by atoms with Crippen LogP contribution in [0.15, 0.2) is 46.3 Å². The lowest BCUT2D eigenvalue weighted by molar-refractivity contribution is 0.0985. The van der Waals surface area contributed by atoms with Crippen molar-refractivity contribution in [2.24, 2.45) is 4.99 Å². The summed E-state index contributed by atoms with van der Waals surface area (Å²) >= 11 is 6.90. The van der Waals surface area contributed by atoms with Crippen LogP contribution in [0.1, 0.15) is 9.67 Å². The second-order valence-corrected chi connectivity index (χ2v) is 7.86. The Bertz CT molecular complexity index is 843. The summed E-state index contributed by atoms with van der Waals surface area (Å²) in [5.41, 5.74) is 0.375. The van der Waals surface area contributed by atoms with Gasteiger partial charge in [-0.1, -0.05) is 23.7 Å². The summed E-state index contributed by atoms with van der Waals surface area (Å²) < 4.78 is 26.3. The summed E-state index contributed by atoms with van der Waals surface area (Å²) in [6.07, 6.45) is 1.17. The summed E-state index contributed by atoms with van der Waals surface area (Å²) in [5.74, 6) is -0.318. The van der Waals surface area contributed by atoms with Crippen LogP contribution in [0.4, 0.5) is 5.69 Å². The Morgan fingerprint density at radius 3 is 2.71 bits per heavy atom. The van der Waals surface area contributed by atoms with E-state index >= 15 is 0 Å². The first-order chi connectivity index (χ1) is 9.98. The summed E-state index contributed by atoms with van der Waals surface area (Å²) in [6.45, 7) is -0.295. The van der Waals surface area contributed by atoms with Gasteiger partial charge in [0.05, 0.1) is 21.4 Å². The summed E-state index contributed by atoms with van der Waals surface area (Å²) in [5, 5.41) is 0. The van der Waals surface area contributed by atoms with Gasteiger partial charge in [-0.25, -0.2) is 17.7 Å². The number of fused-ring (bicyclic) bond motifs is 1. The molecule has 0 bridgehead atoms. The predicted octanol–water partition coefficient (Wildman–Crippen LogP) is 2.95. The van der Waals surface area contributed by atoms with Crippen LogP contribution in [0.25, 0.3) is 0 Å². The maximum absolute atomic E-state index is 12.4. The number of halogens is 1. The maximum atomic E-state index is 12.4. The van der Waals surface area contributed by atoms with Crippen molar-refractivity contribution in [3.05, 3.63) is 45.6 Å². The number of ketones is 1. The number of hydrogen-bond donors (Lipinski definition) is 0. The molecule has 0 fully saturated rings. The summed E-state index contributed by atoms with van der Waals surface area (Å²) in [4.78, 5) is 16.7. The molecule has 1 aliphatic heterocycles. The molecule has 0 unspecified atom stereocenters. The molecule has 8 heteroatoms. The minimum Gasteiger partial charge on any atom is -0.291 e. The molecule has 0 aliphatic carbocycles. The van der Waals surface area contributed by atoms with E-state index in [9.17, 15) is 13.2 Å². The fourth-order valence-electron chi connectivity index (χ4n) is 1.91. The molecule has 3 rings (SSSR count). The Morgan fingerprint density at radius 1 is 1.24 bits per heavy atom. The van der Waals surface area contributed by atoms with E-state index < -0.39 is 10.0 Å². The normalized spacial score (nSPS) is 15.8. The molecule has 5 nitrogen and oxygen atoms in total. The van der Waals surface area contributed by atoms with Crippen molar-refractivity contribution in [2.75, 3.05) is 6.54 Å². The fourth-order valence-corrected chi connectivity index (χ4v) is 4.23. The Hall–Kier alpha value is -1.70. The second-order valence-electron chi connectivity index (χ2n) is 4.29. The third-order valence-electron chi connectivity index (χ3n) is 2.92. The topological polar surface area (TPSA) is 66.8 Å². The van der Waals surface area contributed by atoms with E-state index in [0.29, 0.717) is 14.9 Å². The molecule has 21 heavy (non-hydrogen) atoms. The van der Waals surface area contributed by atoms with Crippen LogP contribution in [-0.4, -0.2) is 31.4 Å². The van der Waals surface area contributed by atoms with Crippen molar-refractivity contribution >= 4 is 50.8 Å². The highest BCUT2D eigenvalue weighted by atomic mass is 35.5. The highest BCUT2D eigenvalue weighted by molar-refractivity contribution is 7.89. The highest BCUT2D eigenvalue weighted by Gasteiger charge is 2.30. The molecule has 1 aromatic carbocycles. The van der Waals surface area contributed by atoms with Crippen molar-refractivity contribution in [2.45, 2.75) is 4.90 Å². The van der Waals surface area contributed by atoms with Gasteiger partial charge >= 0.3 is 0 Å². The molecule has 2 heterocycles. The van der Waals surface area contributed by atoms with Gasteiger partial charge in [0.2, 0.25) is 0 Å². The smallest absolute Gasteiger partial charge is 0.267 e. The highest BCUT2D eigenvalue weighted by Crippen LogP contribution is 2.30. The Labute approximate surface area is 130 Å². The van der Waals surface area contributed by atoms with Crippen molar-refractivity contribution in [1.29, 1.82) is 0 Å². The molecule has 0 atom stereocenters. The van der Waals surface area contributed by atoms with Crippen molar-refractivity contribution in [3.8, 4) is 0 Å². The number of carbonyl (C=O) groups is 1. The van der Waals surface area contributed by atoms with Gasteiger partial charge in [-0.15, -0.1) is 11.3 Å². The van der Waals surface area contributed by atoms with Gasteiger partial charge in [0.1, 0.15) is 11.2 Å². The molecule has 0 saturated carbocycles. The molecule has 0 spiro atoms. The number of benzene rings is 1. The zero-order chi connectivity index (χ0) is 15.0. The van der Waals surface area contributed by atoms with E-state index in [1.807, 2.05) is 0 Å². The van der Waals surface area contributed by atoms with Gasteiger partial charge in [0.25, 0.3) is 10.0 Å². The Kier molecular flexibility index (Phi) is 3.56. The first-order valence-corrected chi connectivity index (χ1v) is 8.55. The lowest BCUT2D eigenvalue weighted by Crippen LogP contribution is -2.36. The standard InChI is InChI=1S/C13H9ClN2O3S2/c14-13-6-5-11(20-13)10(17)7-16-8-15-9-3-1-2-4-12(9)21(16,18)19/h1-6,8H,7H2. The minimum atomic E-state index is -3.74. The monoisotopic (exact) mass is 340 g/mol. The van der Waals surface area contributed by atoms with Gasteiger partial charge < -0.3 is 0 Å². The molecule has 0 amide bonds. The van der Waals surface area contributed by atoms with Crippen LogP contribution in [0.2, 0.25) is 4.34 Å².